The Bertz CT molecular complexity index is 730. The second kappa shape index (κ2) is 9.49. The van der Waals surface area contributed by atoms with Gasteiger partial charge in [0.2, 0.25) is 0 Å². The molecule has 2 saturated carbocycles. The standard InChI is InChI=1S/C28H36O2/c29-27(19-9-3-10-20-27)25(23-13-5-1-6-14-23)17-18-26(24-15-7-2-8-16-24)28(30)21-11-4-12-22-28/h1-2,5-8,13-18,25-26,29-30H,3-4,9-12,19-22H2/t25-,26+. The number of hydrogen-bond acceptors (Lipinski definition) is 2. The molecule has 4 rings (SSSR count). The molecule has 2 fully saturated rings. The maximum absolute atomic E-state index is 11.6. The van der Waals surface area contributed by atoms with Crippen molar-refractivity contribution in [2.45, 2.75) is 87.2 Å². The lowest BCUT2D eigenvalue weighted by Gasteiger charge is -2.40. The molecule has 0 saturated heterocycles. The molecule has 2 N–H and O–H groups in total. The highest BCUT2D eigenvalue weighted by Crippen LogP contribution is 2.44. The summed E-state index contributed by atoms with van der Waals surface area (Å²) in [5.74, 6) is -0.0881. The molecule has 0 aromatic heterocycles. The highest BCUT2D eigenvalue weighted by Gasteiger charge is 2.40. The van der Waals surface area contributed by atoms with Crippen molar-refractivity contribution >= 4 is 0 Å². The number of aliphatic hydroxyl groups is 2. The van der Waals surface area contributed by atoms with E-state index in [1.807, 2.05) is 12.1 Å². The molecule has 2 aliphatic carbocycles. The summed E-state index contributed by atoms with van der Waals surface area (Å²) in [5, 5.41) is 23.3. The van der Waals surface area contributed by atoms with Crippen molar-refractivity contribution < 1.29 is 10.2 Å². The topological polar surface area (TPSA) is 40.5 Å². The summed E-state index contributed by atoms with van der Waals surface area (Å²) < 4.78 is 0. The molecule has 2 aliphatic rings. The minimum absolute atomic E-state index is 0.0441. The number of rotatable bonds is 6. The fraction of sp³-hybridized carbons (Fsp3) is 0.500. The summed E-state index contributed by atoms with van der Waals surface area (Å²) in [4.78, 5) is 0. The van der Waals surface area contributed by atoms with Gasteiger partial charge in [0.25, 0.3) is 0 Å². The Kier molecular flexibility index (Phi) is 6.75. The Morgan fingerprint density at radius 3 is 1.20 bits per heavy atom. The van der Waals surface area contributed by atoms with Crippen LogP contribution in [0.4, 0.5) is 0 Å². The normalized spacial score (nSPS) is 23.1. The predicted octanol–water partition coefficient (Wildman–Crippen LogP) is 6.50. The van der Waals surface area contributed by atoms with Crippen molar-refractivity contribution in [3.63, 3.8) is 0 Å². The van der Waals surface area contributed by atoms with Gasteiger partial charge in [-0.05, 0) is 36.8 Å². The van der Waals surface area contributed by atoms with Gasteiger partial charge >= 0.3 is 0 Å². The van der Waals surface area contributed by atoms with Crippen molar-refractivity contribution in [2.24, 2.45) is 0 Å². The van der Waals surface area contributed by atoms with Crippen LogP contribution in [-0.2, 0) is 0 Å². The zero-order chi connectivity index (χ0) is 20.9. The monoisotopic (exact) mass is 404 g/mol. The maximum atomic E-state index is 11.6. The Morgan fingerprint density at radius 2 is 0.867 bits per heavy atom. The molecule has 0 radical (unpaired) electrons. The van der Waals surface area contributed by atoms with E-state index in [-0.39, 0.29) is 11.8 Å². The third-order valence-corrected chi connectivity index (χ3v) is 7.41. The fourth-order valence-electron chi connectivity index (χ4n) is 5.69. The van der Waals surface area contributed by atoms with Crippen molar-refractivity contribution in [3.8, 4) is 0 Å². The van der Waals surface area contributed by atoms with E-state index >= 15 is 0 Å². The average Bonchev–Trinajstić information content (AvgIpc) is 2.79. The van der Waals surface area contributed by atoms with Gasteiger partial charge in [-0.15, -0.1) is 0 Å². The number of benzene rings is 2. The summed E-state index contributed by atoms with van der Waals surface area (Å²) in [6, 6.07) is 20.8. The van der Waals surface area contributed by atoms with E-state index in [4.69, 9.17) is 0 Å². The Morgan fingerprint density at radius 1 is 0.533 bits per heavy atom. The molecule has 2 aromatic rings. The molecule has 30 heavy (non-hydrogen) atoms. The van der Waals surface area contributed by atoms with Crippen LogP contribution in [-0.4, -0.2) is 21.4 Å². The van der Waals surface area contributed by atoms with E-state index in [1.54, 1.807) is 0 Å². The van der Waals surface area contributed by atoms with E-state index < -0.39 is 11.2 Å². The van der Waals surface area contributed by atoms with Crippen molar-refractivity contribution in [3.05, 3.63) is 83.9 Å². The Balaban J connectivity index is 1.70. The molecule has 2 heteroatoms. The first-order valence-electron chi connectivity index (χ1n) is 11.8. The summed E-state index contributed by atoms with van der Waals surface area (Å²) in [6.45, 7) is 0. The summed E-state index contributed by atoms with van der Waals surface area (Å²) >= 11 is 0. The SMILES string of the molecule is OC1([C@H](C=C[C@@H](c2ccccc2)C2(O)CCCCC2)c2ccccc2)CCCCC1. The molecule has 0 spiro atoms. The van der Waals surface area contributed by atoms with Crippen molar-refractivity contribution in [1.29, 1.82) is 0 Å². The van der Waals surface area contributed by atoms with Crippen LogP contribution in [0, 0.1) is 0 Å². The third kappa shape index (κ3) is 4.71. The molecule has 0 bridgehead atoms. The van der Waals surface area contributed by atoms with E-state index in [1.165, 1.54) is 24.0 Å². The van der Waals surface area contributed by atoms with E-state index in [0.717, 1.165) is 51.4 Å². The van der Waals surface area contributed by atoms with Gasteiger partial charge in [-0.2, -0.15) is 0 Å². The van der Waals surface area contributed by atoms with Gasteiger partial charge in [-0.25, -0.2) is 0 Å². The predicted molar refractivity (Wildman–Crippen MR) is 124 cm³/mol. The first-order valence-corrected chi connectivity index (χ1v) is 11.8. The Labute approximate surface area is 181 Å². The van der Waals surface area contributed by atoms with Crippen LogP contribution in [0.3, 0.4) is 0 Å². The maximum Gasteiger partial charge on any atom is 0.0750 e. The van der Waals surface area contributed by atoms with Crippen LogP contribution in [0.5, 0.6) is 0 Å². The lowest BCUT2D eigenvalue weighted by atomic mass is 9.70. The van der Waals surface area contributed by atoms with Crippen LogP contribution in [0.25, 0.3) is 0 Å². The zero-order valence-electron chi connectivity index (χ0n) is 18.0. The van der Waals surface area contributed by atoms with Crippen LogP contribution >= 0.6 is 0 Å². The van der Waals surface area contributed by atoms with Gasteiger partial charge in [0.1, 0.15) is 0 Å². The van der Waals surface area contributed by atoms with Crippen LogP contribution in [0.15, 0.2) is 72.8 Å². The van der Waals surface area contributed by atoms with Gasteiger partial charge < -0.3 is 10.2 Å². The average molecular weight is 405 g/mol. The fourth-order valence-corrected chi connectivity index (χ4v) is 5.69. The molecule has 0 amide bonds. The minimum Gasteiger partial charge on any atom is -0.389 e. The van der Waals surface area contributed by atoms with Crippen LogP contribution < -0.4 is 0 Å². The first kappa shape index (κ1) is 21.3. The van der Waals surface area contributed by atoms with Gasteiger partial charge in [0.05, 0.1) is 11.2 Å². The molecular weight excluding hydrogens is 368 g/mol. The Hall–Kier alpha value is -1.90. The lowest BCUT2D eigenvalue weighted by Crippen LogP contribution is -2.39. The van der Waals surface area contributed by atoms with Crippen LogP contribution in [0.1, 0.15) is 87.2 Å². The molecule has 2 nitrogen and oxygen atoms in total. The molecule has 2 atom stereocenters. The quantitative estimate of drug-likeness (QED) is 0.539. The van der Waals surface area contributed by atoms with Gasteiger partial charge in [0, 0.05) is 11.8 Å². The molecular formula is C28H36O2. The second-order valence-electron chi connectivity index (χ2n) is 9.49. The molecule has 0 unspecified atom stereocenters. The van der Waals surface area contributed by atoms with Crippen LogP contribution in [0.2, 0.25) is 0 Å². The van der Waals surface area contributed by atoms with Gasteiger partial charge in [-0.3, -0.25) is 0 Å². The van der Waals surface area contributed by atoms with Gasteiger partial charge in [0.15, 0.2) is 0 Å². The van der Waals surface area contributed by atoms with E-state index in [2.05, 4.69) is 60.7 Å². The highest BCUT2D eigenvalue weighted by atomic mass is 16.3. The smallest absolute Gasteiger partial charge is 0.0750 e. The zero-order valence-corrected chi connectivity index (χ0v) is 18.0. The highest BCUT2D eigenvalue weighted by molar-refractivity contribution is 5.33. The van der Waals surface area contributed by atoms with Crippen molar-refractivity contribution in [2.75, 3.05) is 0 Å². The van der Waals surface area contributed by atoms with Crippen molar-refractivity contribution in [1.82, 2.24) is 0 Å². The summed E-state index contributed by atoms with van der Waals surface area (Å²) in [5.41, 5.74) is 0.931. The van der Waals surface area contributed by atoms with Gasteiger partial charge in [-0.1, -0.05) is 111 Å². The van der Waals surface area contributed by atoms with E-state index in [0.29, 0.717) is 0 Å². The largest absolute Gasteiger partial charge is 0.389 e. The lowest BCUT2D eigenvalue weighted by molar-refractivity contribution is -0.0138. The summed E-state index contributed by atoms with van der Waals surface area (Å²) in [6.07, 6.45) is 14.6. The third-order valence-electron chi connectivity index (χ3n) is 7.41. The van der Waals surface area contributed by atoms with E-state index in [9.17, 15) is 10.2 Å². The summed E-state index contributed by atoms with van der Waals surface area (Å²) in [7, 11) is 0. The molecule has 2 aromatic carbocycles. The number of hydrogen-bond donors (Lipinski definition) is 2. The molecule has 160 valence electrons. The minimum atomic E-state index is -0.702. The molecule has 0 aliphatic heterocycles. The first-order chi connectivity index (χ1) is 14.6. The second-order valence-corrected chi connectivity index (χ2v) is 9.49. The molecule has 0 heterocycles.